The minimum absolute atomic E-state index is 0.00619. The van der Waals surface area contributed by atoms with Crippen LogP contribution < -0.4 is 4.74 Å². The number of hydrogen-bond acceptors (Lipinski definition) is 9. The highest BCUT2D eigenvalue weighted by Crippen LogP contribution is 2.40. The fourth-order valence-electron chi connectivity index (χ4n) is 5.37. The molecule has 1 aromatic carbocycles. The second-order valence-corrected chi connectivity index (χ2v) is 12.8. The first kappa shape index (κ1) is 24.2. The third kappa shape index (κ3) is 4.80. The van der Waals surface area contributed by atoms with Gasteiger partial charge in [0.2, 0.25) is 5.88 Å². The van der Waals surface area contributed by atoms with Crippen LogP contribution in [0.15, 0.2) is 36.0 Å². The van der Waals surface area contributed by atoms with E-state index in [4.69, 9.17) is 9.47 Å². The van der Waals surface area contributed by atoms with Crippen molar-refractivity contribution in [2.45, 2.75) is 77.2 Å². The Balaban J connectivity index is 1.16. The van der Waals surface area contributed by atoms with Crippen molar-refractivity contribution in [2.24, 2.45) is 0 Å². The zero-order valence-electron chi connectivity index (χ0n) is 21.3. The highest BCUT2D eigenvalue weighted by Gasteiger charge is 2.45. The van der Waals surface area contributed by atoms with Crippen LogP contribution in [-0.4, -0.2) is 54.9 Å². The van der Waals surface area contributed by atoms with E-state index < -0.39 is 5.60 Å². The van der Waals surface area contributed by atoms with Crippen molar-refractivity contribution in [3.05, 3.63) is 41.0 Å². The molecule has 2 bridgehead atoms. The summed E-state index contributed by atoms with van der Waals surface area (Å²) in [5.41, 5.74) is 5.21. The fraction of sp³-hybridized carbons (Fsp3) is 0.444. The average Bonchev–Trinajstić information content (AvgIpc) is 3.56. The summed E-state index contributed by atoms with van der Waals surface area (Å²) in [5, 5.41) is 9.93. The third-order valence-electron chi connectivity index (χ3n) is 6.87. The molecule has 0 aliphatic carbocycles. The highest BCUT2D eigenvalue weighted by atomic mass is 32.1. The molecule has 2 unspecified atom stereocenters. The summed E-state index contributed by atoms with van der Waals surface area (Å²) in [6.45, 7) is 7.72. The minimum Gasteiger partial charge on any atom is -0.473 e. The fourth-order valence-corrected chi connectivity index (χ4v) is 7.01. The first-order chi connectivity index (χ1) is 17.7. The number of aryl methyl sites for hydroxylation is 1. The van der Waals surface area contributed by atoms with Crippen LogP contribution in [-0.2, 0) is 4.74 Å². The highest BCUT2D eigenvalue weighted by molar-refractivity contribution is 7.18. The van der Waals surface area contributed by atoms with Crippen LogP contribution in [0.2, 0.25) is 0 Å². The Morgan fingerprint density at radius 3 is 2.43 bits per heavy atom. The van der Waals surface area contributed by atoms with E-state index in [9.17, 15) is 4.79 Å². The molecule has 0 spiro atoms. The van der Waals surface area contributed by atoms with Gasteiger partial charge in [0.05, 0.1) is 31.3 Å². The van der Waals surface area contributed by atoms with Crippen molar-refractivity contribution in [3.8, 4) is 27.6 Å². The van der Waals surface area contributed by atoms with Crippen LogP contribution in [0, 0.1) is 6.92 Å². The molecular formula is C27H29N5O3S2. The molecule has 10 heteroatoms. The molecule has 3 aromatic heterocycles. The number of aromatic nitrogens is 4. The lowest BCUT2D eigenvalue weighted by Crippen LogP contribution is -2.50. The first-order valence-corrected chi connectivity index (χ1v) is 14.3. The van der Waals surface area contributed by atoms with Crippen LogP contribution >= 0.6 is 22.7 Å². The van der Waals surface area contributed by atoms with Crippen LogP contribution in [0.3, 0.4) is 0 Å². The Labute approximate surface area is 223 Å². The molecule has 192 valence electrons. The van der Waals surface area contributed by atoms with Gasteiger partial charge < -0.3 is 14.4 Å². The van der Waals surface area contributed by atoms with E-state index >= 15 is 0 Å². The standard InChI is InChI=1S/C27H29N5O3S2/c1-15-28-13-22(37-15)20-8-7-19(25-24(20)29-14-36-25)21-9-10-23(31-30-21)34-18-11-16-5-6-17(12-18)32(16)26(33)35-27(2,3)4/h7-10,13-14,16-18H,5-6,11-12H2,1-4H3/t16-,17?,18?/m0/s1. The van der Waals surface area contributed by atoms with Crippen LogP contribution in [0.5, 0.6) is 5.88 Å². The van der Waals surface area contributed by atoms with Gasteiger partial charge in [0.25, 0.3) is 0 Å². The zero-order valence-corrected chi connectivity index (χ0v) is 22.9. The maximum atomic E-state index is 12.7. The van der Waals surface area contributed by atoms with Crippen molar-refractivity contribution in [1.82, 2.24) is 25.1 Å². The number of hydrogen-bond donors (Lipinski definition) is 0. The van der Waals surface area contributed by atoms with Crippen LogP contribution in [0.1, 0.15) is 51.5 Å². The predicted molar refractivity (Wildman–Crippen MR) is 145 cm³/mol. The number of carbonyl (C=O) groups is 1. The number of amides is 1. The van der Waals surface area contributed by atoms with Gasteiger partial charge >= 0.3 is 6.09 Å². The van der Waals surface area contributed by atoms with Gasteiger partial charge in [0, 0.05) is 48.3 Å². The normalized spacial score (nSPS) is 21.4. The Kier molecular flexibility index (Phi) is 6.11. The lowest BCUT2D eigenvalue weighted by Gasteiger charge is -2.39. The second kappa shape index (κ2) is 9.33. The summed E-state index contributed by atoms with van der Waals surface area (Å²) >= 11 is 3.27. The van der Waals surface area contributed by atoms with E-state index in [-0.39, 0.29) is 24.3 Å². The van der Waals surface area contributed by atoms with E-state index in [0.29, 0.717) is 5.88 Å². The van der Waals surface area contributed by atoms with Gasteiger partial charge in [-0.1, -0.05) is 12.1 Å². The summed E-state index contributed by atoms with van der Waals surface area (Å²) in [5.74, 6) is 0.510. The molecule has 2 saturated heterocycles. The average molecular weight is 536 g/mol. The molecule has 37 heavy (non-hydrogen) atoms. The predicted octanol–water partition coefficient (Wildman–Crippen LogP) is 6.49. The molecule has 2 aliphatic heterocycles. The first-order valence-electron chi connectivity index (χ1n) is 12.6. The van der Waals surface area contributed by atoms with Gasteiger partial charge in [-0.3, -0.25) is 0 Å². The van der Waals surface area contributed by atoms with Crippen molar-refractivity contribution in [1.29, 1.82) is 0 Å². The van der Waals surface area contributed by atoms with Crippen LogP contribution in [0.4, 0.5) is 4.79 Å². The van der Waals surface area contributed by atoms with Gasteiger partial charge in [-0.2, -0.15) is 0 Å². The largest absolute Gasteiger partial charge is 0.473 e. The number of thiazole rings is 2. The SMILES string of the molecule is Cc1ncc(-c2ccc(-c3ccc(OC4CC5CC[C@@H](C4)N5C(=O)OC(C)(C)C)nn3)c3scnc23)s1. The number of carbonyl (C=O) groups excluding carboxylic acids is 1. The van der Waals surface area contributed by atoms with E-state index in [0.717, 1.165) is 62.6 Å². The van der Waals surface area contributed by atoms with Gasteiger partial charge in [-0.05, 0) is 46.6 Å². The molecule has 0 N–H and O–H groups in total. The Bertz CT molecular complexity index is 1430. The Morgan fingerprint density at radius 2 is 1.78 bits per heavy atom. The molecule has 6 rings (SSSR count). The van der Waals surface area contributed by atoms with Crippen LogP contribution in [0.25, 0.3) is 31.9 Å². The molecular weight excluding hydrogens is 506 g/mol. The molecule has 0 radical (unpaired) electrons. The Morgan fingerprint density at radius 1 is 1.03 bits per heavy atom. The summed E-state index contributed by atoms with van der Waals surface area (Å²) in [6, 6.07) is 8.30. The maximum Gasteiger partial charge on any atom is 0.410 e. The van der Waals surface area contributed by atoms with Crippen molar-refractivity contribution in [2.75, 3.05) is 0 Å². The van der Waals surface area contributed by atoms with E-state index in [1.807, 2.05) is 56.4 Å². The topological polar surface area (TPSA) is 90.3 Å². The monoisotopic (exact) mass is 535 g/mol. The molecule has 4 aromatic rings. The van der Waals surface area contributed by atoms with Gasteiger partial charge in [0.1, 0.15) is 11.7 Å². The minimum atomic E-state index is -0.494. The quantitative estimate of drug-likeness (QED) is 0.295. The molecule has 2 fully saturated rings. The smallest absolute Gasteiger partial charge is 0.410 e. The molecule has 5 heterocycles. The number of ether oxygens (including phenoxy) is 2. The van der Waals surface area contributed by atoms with E-state index in [1.54, 1.807) is 22.7 Å². The molecule has 1 amide bonds. The van der Waals surface area contributed by atoms with Gasteiger partial charge in [-0.25, -0.2) is 14.8 Å². The van der Waals surface area contributed by atoms with Crippen molar-refractivity contribution < 1.29 is 14.3 Å². The summed E-state index contributed by atoms with van der Waals surface area (Å²) in [7, 11) is 0. The van der Waals surface area contributed by atoms with Crippen molar-refractivity contribution >= 4 is 39.0 Å². The molecule has 2 aliphatic rings. The van der Waals surface area contributed by atoms with Gasteiger partial charge in [-0.15, -0.1) is 32.9 Å². The molecule has 3 atom stereocenters. The summed E-state index contributed by atoms with van der Waals surface area (Å²) in [4.78, 5) is 24.8. The number of fused-ring (bicyclic) bond motifs is 3. The lowest BCUT2D eigenvalue weighted by atomic mass is 10.0. The number of piperidine rings is 1. The lowest BCUT2D eigenvalue weighted by molar-refractivity contribution is -0.00771. The van der Waals surface area contributed by atoms with Crippen molar-refractivity contribution in [3.63, 3.8) is 0 Å². The van der Waals surface area contributed by atoms with E-state index in [1.165, 1.54) is 0 Å². The Hall–Kier alpha value is -3.11. The second-order valence-electron chi connectivity index (χ2n) is 10.7. The molecule has 0 saturated carbocycles. The van der Waals surface area contributed by atoms with Gasteiger partial charge in [0.15, 0.2) is 0 Å². The third-order valence-corrected chi connectivity index (χ3v) is 8.67. The summed E-state index contributed by atoms with van der Waals surface area (Å²) < 4.78 is 13.0. The maximum absolute atomic E-state index is 12.7. The van der Waals surface area contributed by atoms with E-state index in [2.05, 4.69) is 32.3 Å². The zero-order chi connectivity index (χ0) is 25.7. The number of nitrogens with zero attached hydrogens (tertiary/aromatic N) is 5. The number of benzene rings is 1. The molecule has 8 nitrogen and oxygen atoms in total. The number of rotatable bonds is 4. The summed E-state index contributed by atoms with van der Waals surface area (Å²) in [6.07, 6.45) is 5.22.